The van der Waals surface area contributed by atoms with Gasteiger partial charge in [-0.15, -0.1) is 5.10 Å². The molecule has 2 aromatic heterocycles. The monoisotopic (exact) mass is 276 g/mol. The van der Waals surface area contributed by atoms with Crippen LogP contribution in [-0.2, 0) is 11.3 Å². The molecule has 0 atom stereocenters. The lowest BCUT2D eigenvalue weighted by Crippen LogP contribution is -2.38. The van der Waals surface area contributed by atoms with Gasteiger partial charge in [0.05, 0.1) is 23.8 Å². The first-order valence-electron chi connectivity index (χ1n) is 6.73. The smallest absolute Gasteiger partial charge is 0.311 e. The third-order valence-electron chi connectivity index (χ3n) is 4.03. The fourth-order valence-electron chi connectivity index (χ4n) is 2.86. The van der Waals surface area contributed by atoms with Crippen LogP contribution in [0.5, 0.6) is 0 Å². The van der Waals surface area contributed by atoms with E-state index in [0.29, 0.717) is 25.2 Å². The van der Waals surface area contributed by atoms with E-state index in [0.717, 1.165) is 24.8 Å². The molecular formula is C13H16N4O3. The lowest BCUT2D eigenvalue weighted by atomic mass is 9.74. The van der Waals surface area contributed by atoms with E-state index >= 15 is 0 Å². The number of carboxylic acid groups (broad SMARTS) is 1. The second-order valence-electron chi connectivity index (χ2n) is 5.32. The van der Waals surface area contributed by atoms with Gasteiger partial charge in [-0.05, 0) is 29.3 Å². The maximum atomic E-state index is 11.7. The molecular weight excluding hydrogens is 260 g/mol. The van der Waals surface area contributed by atoms with Crippen LogP contribution >= 0.6 is 0 Å². The number of tetrazole rings is 1. The van der Waals surface area contributed by atoms with Crippen molar-refractivity contribution in [3.63, 3.8) is 0 Å². The Morgan fingerprint density at radius 2 is 2.20 bits per heavy atom. The average molecular weight is 276 g/mol. The van der Waals surface area contributed by atoms with Gasteiger partial charge in [-0.25, -0.2) is 4.68 Å². The quantitative estimate of drug-likeness (QED) is 0.917. The van der Waals surface area contributed by atoms with Crippen LogP contribution in [0.2, 0.25) is 0 Å². The zero-order valence-electron chi connectivity index (χ0n) is 11.0. The van der Waals surface area contributed by atoms with Gasteiger partial charge in [0.15, 0.2) is 5.82 Å². The fourth-order valence-corrected chi connectivity index (χ4v) is 2.86. The Labute approximate surface area is 115 Å². The number of nitrogens with zero attached hydrogens (tertiary/aromatic N) is 4. The van der Waals surface area contributed by atoms with Crippen molar-refractivity contribution in [1.82, 2.24) is 20.2 Å². The molecule has 0 spiro atoms. The highest BCUT2D eigenvalue weighted by Gasteiger charge is 2.41. The van der Waals surface area contributed by atoms with Crippen molar-refractivity contribution in [3.8, 4) is 11.4 Å². The summed E-state index contributed by atoms with van der Waals surface area (Å²) < 4.78 is 6.60. The summed E-state index contributed by atoms with van der Waals surface area (Å²) in [6.45, 7) is 0.301. The van der Waals surface area contributed by atoms with E-state index in [1.165, 1.54) is 0 Å². The molecule has 0 amide bonds. The number of rotatable bonds is 4. The fraction of sp³-hybridized carbons (Fsp3) is 0.538. The second kappa shape index (κ2) is 5.07. The molecule has 0 aromatic carbocycles. The average Bonchev–Trinajstić information content (AvgIpc) is 3.10. The van der Waals surface area contributed by atoms with E-state index in [4.69, 9.17) is 4.42 Å². The van der Waals surface area contributed by atoms with Crippen LogP contribution in [-0.4, -0.2) is 31.3 Å². The maximum Gasteiger partial charge on any atom is 0.311 e. The van der Waals surface area contributed by atoms with Crippen LogP contribution in [0.1, 0.15) is 32.1 Å². The first kappa shape index (κ1) is 12.8. The van der Waals surface area contributed by atoms with Crippen LogP contribution in [0.15, 0.2) is 23.0 Å². The van der Waals surface area contributed by atoms with E-state index < -0.39 is 11.4 Å². The molecule has 1 fully saturated rings. The van der Waals surface area contributed by atoms with Crippen LogP contribution in [0.4, 0.5) is 0 Å². The van der Waals surface area contributed by atoms with Gasteiger partial charge in [0.25, 0.3) is 0 Å². The number of carbonyl (C=O) groups is 1. The standard InChI is InChI=1S/C13H16N4O3/c18-12(19)13(5-2-1-3-6-13)9-17-11(14-15-16-17)10-4-7-20-8-10/h4,7-8H,1-3,5-6,9H2,(H,18,19). The van der Waals surface area contributed by atoms with Gasteiger partial charge in [-0.3, -0.25) is 4.79 Å². The Morgan fingerprint density at radius 1 is 1.40 bits per heavy atom. The summed E-state index contributed by atoms with van der Waals surface area (Å²) in [6.07, 6.45) is 7.42. The molecule has 0 radical (unpaired) electrons. The molecule has 20 heavy (non-hydrogen) atoms. The first-order chi connectivity index (χ1) is 9.71. The third kappa shape index (κ3) is 2.19. The largest absolute Gasteiger partial charge is 0.481 e. The summed E-state index contributed by atoms with van der Waals surface area (Å²) in [7, 11) is 0. The van der Waals surface area contributed by atoms with E-state index in [-0.39, 0.29) is 0 Å². The molecule has 2 heterocycles. The summed E-state index contributed by atoms with van der Waals surface area (Å²) in [5.74, 6) is -0.212. The molecule has 1 saturated carbocycles. The van der Waals surface area contributed by atoms with Crippen molar-refractivity contribution in [3.05, 3.63) is 18.6 Å². The number of hydrogen-bond acceptors (Lipinski definition) is 5. The van der Waals surface area contributed by atoms with Gasteiger partial charge in [-0.1, -0.05) is 19.3 Å². The maximum absolute atomic E-state index is 11.7. The summed E-state index contributed by atoms with van der Waals surface area (Å²) in [5.41, 5.74) is -0.00194. The highest BCUT2D eigenvalue weighted by molar-refractivity contribution is 5.74. The molecule has 2 aromatic rings. The van der Waals surface area contributed by atoms with Crippen molar-refractivity contribution in [1.29, 1.82) is 0 Å². The minimum absolute atomic E-state index is 0.301. The molecule has 0 aliphatic heterocycles. The molecule has 1 aliphatic rings. The molecule has 0 saturated heterocycles. The number of aliphatic carboxylic acids is 1. The Morgan fingerprint density at radius 3 is 2.85 bits per heavy atom. The zero-order chi connectivity index (χ0) is 14.0. The number of aromatic nitrogens is 4. The van der Waals surface area contributed by atoms with Gasteiger partial charge in [0.2, 0.25) is 0 Å². The second-order valence-corrected chi connectivity index (χ2v) is 5.32. The lowest BCUT2D eigenvalue weighted by molar-refractivity contribution is -0.152. The number of carboxylic acids is 1. The van der Waals surface area contributed by atoms with Crippen molar-refractivity contribution in [2.24, 2.45) is 5.41 Å². The first-order valence-corrected chi connectivity index (χ1v) is 6.73. The highest BCUT2D eigenvalue weighted by atomic mass is 16.4. The predicted molar refractivity (Wildman–Crippen MR) is 68.7 cm³/mol. The number of furan rings is 1. The van der Waals surface area contributed by atoms with Crippen LogP contribution < -0.4 is 0 Å². The Kier molecular flexibility index (Phi) is 3.25. The van der Waals surface area contributed by atoms with E-state index in [1.807, 2.05) is 0 Å². The summed E-state index contributed by atoms with van der Waals surface area (Å²) in [5, 5.41) is 21.2. The molecule has 106 valence electrons. The van der Waals surface area contributed by atoms with Gasteiger partial charge in [0.1, 0.15) is 6.26 Å². The van der Waals surface area contributed by atoms with Crippen molar-refractivity contribution >= 4 is 5.97 Å². The highest BCUT2D eigenvalue weighted by Crippen LogP contribution is 2.38. The van der Waals surface area contributed by atoms with Crippen LogP contribution in [0.3, 0.4) is 0 Å². The Hall–Kier alpha value is -2.18. The van der Waals surface area contributed by atoms with Gasteiger partial charge >= 0.3 is 5.97 Å². The lowest BCUT2D eigenvalue weighted by Gasteiger charge is -2.32. The summed E-state index contributed by atoms with van der Waals surface area (Å²) in [6, 6.07) is 1.76. The topological polar surface area (TPSA) is 94.0 Å². The van der Waals surface area contributed by atoms with Crippen molar-refractivity contribution < 1.29 is 14.3 Å². The molecule has 0 bridgehead atoms. The molecule has 1 aliphatic carbocycles. The molecule has 0 unspecified atom stereocenters. The van der Waals surface area contributed by atoms with E-state index in [2.05, 4.69) is 15.5 Å². The summed E-state index contributed by atoms with van der Waals surface area (Å²) in [4.78, 5) is 11.7. The van der Waals surface area contributed by atoms with Crippen LogP contribution in [0.25, 0.3) is 11.4 Å². The van der Waals surface area contributed by atoms with Gasteiger partial charge in [0, 0.05) is 0 Å². The number of hydrogen-bond donors (Lipinski definition) is 1. The molecule has 7 nitrogen and oxygen atoms in total. The molecule has 3 rings (SSSR count). The molecule has 7 heteroatoms. The minimum atomic E-state index is -0.758. The van der Waals surface area contributed by atoms with Crippen LogP contribution in [0, 0.1) is 5.41 Å². The third-order valence-corrected chi connectivity index (χ3v) is 4.03. The SMILES string of the molecule is O=C(O)C1(Cn2nnnc2-c2ccoc2)CCCCC1. The van der Waals surface area contributed by atoms with Crippen molar-refractivity contribution in [2.45, 2.75) is 38.6 Å². The van der Waals surface area contributed by atoms with Gasteiger partial charge < -0.3 is 9.52 Å². The van der Waals surface area contributed by atoms with Crippen molar-refractivity contribution in [2.75, 3.05) is 0 Å². The van der Waals surface area contributed by atoms with E-state index in [1.54, 1.807) is 23.3 Å². The Bertz CT molecular complexity index is 585. The Balaban J connectivity index is 1.90. The zero-order valence-corrected chi connectivity index (χ0v) is 11.0. The summed E-state index contributed by atoms with van der Waals surface area (Å²) >= 11 is 0. The van der Waals surface area contributed by atoms with Gasteiger partial charge in [-0.2, -0.15) is 0 Å². The van der Waals surface area contributed by atoms with E-state index in [9.17, 15) is 9.90 Å². The normalized spacial score (nSPS) is 18.0. The minimum Gasteiger partial charge on any atom is -0.481 e. The molecule has 1 N–H and O–H groups in total. The predicted octanol–water partition coefficient (Wildman–Crippen LogP) is 1.97.